The fraction of sp³-hybridized carbons (Fsp3) is 0.0625. The van der Waals surface area contributed by atoms with E-state index in [2.05, 4.69) is 4.98 Å². The minimum Gasteiger partial charge on any atom is -0.478 e. The number of benzene rings is 2. The van der Waals surface area contributed by atoms with Crippen molar-refractivity contribution in [3.8, 4) is 11.1 Å². The van der Waals surface area contributed by atoms with Crippen molar-refractivity contribution in [2.24, 2.45) is 0 Å². The standard InChI is InChI=1S/C16H10F3NO2/c17-16(18,19)11-3-1-2-9(6-11)13-8-20-14-7-10(15(21)22)4-5-12(13)14/h1-8,20H,(H,21,22). The summed E-state index contributed by atoms with van der Waals surface area (Å²) in [5.74, 6) is -1.06. The van der Waals surface area contributed by atoms with Gasteiger partial charge in [-0.1, -0.05) is 18.2 Å². The average Bonchev–Trinajstić information content (AvgIpc) is 2.89. The van der Waals surface area contributed by atoms with Gasteiger partial charge >= 0.3 is 12.1 Å². The molecule has 3 rings (SSSR count). The van der Waals surface area contributed by atoms with Crippen LogP contribution in [0.25, 0.3) is 22.0 Å². The van der Waals surface area contributed by atoms with E-state index in [0.717, 1.165) is 12.1 Å². The third-order valence-corrected chi connectivity index (χ3v) is 3.43. The summed E-state index contributed by atoms with van der Waals surface area (Å²) in [7, 11) is 0. The van der Waals surface area contributed by atoms with Gasteiger partial charge in [-0.3, -0.25) is 0 Å². The van der Waals surface area contributed by atoms with E-state index in [9.17, 15) is 18.0 Å². The van der Waals surface area contributed by atoms with E-state index in [1.165, 1.54) is 18.2 Å². The highest BCUT2D eigenvalue weighted by Crippen LogP contribution is 2.34. The Balaban J connectivity index is 2.13. The minimum absolute atomic E-state index is 0.116. The molecule has 0 aliphatic carbocycles. The Morgan fingerprint density at radius 3 is 2.55 bits per heavy atom. The lowest BCUT2D eigenvalue weighted by Crippen LogP contribution is -2.04. The number of carboxylic acids is 1. The first-order valence-corrected chi connectivity index (χ1v) is 6.38. The molecule has 0 aliphatic rings. The van der Waals surface area contributed by atoms with Gasteiger partial charge in [-0.25, -0.2) is 4.79 Å². The molecule has 0 bridgehead atoms. The number of rotatable bonds is 2. The van der Waals surface area contributed by atoms with Crippen molar-refractivity contribution in [3.63, 3.8) is 0 Å². The van der Waals surface area contributed by atoms with Crippen molar-refractivity contribution >= 4 is 16.9 Å². The van der Waals surface area contributed by atoms with Gasteiger partial charge in [-0.2, -0.15) is 13.2 Å². The molecule has 0 atom stereocenters. The van der Waals surface area contributed by atoms with Crippen LogP contribution in [0.2, 0.25) is 0 Å². The third kappa shape index (κ3) is 2.43. The van der Waals surface area contributed by atoms with Crippen molar-refractivity contribution in [2.75, 3.05) is 0 Å². The summed E-state index contributed by atoms with van der Waals surface area (Å²) in [6.45, 7) is 0. The van der Waals surface area contributed by atoms with Gasteiger partial charge in [0.1, 0.15) is 0 Å². The lowest BCUT2D eigenvalue weighted by Gasteiger charge is -2.08. The molecular formula is C16H10F3NO2. The number of carbonyl (C=O) groups is 1. The molecule has 3 nitrogen and oxygen atoms in total. The molecule has 1 aromatic heterocycles. The van der Waals surface area contributed by atoms with Crippen LogP contribution in [0.4, 0.5) is 13.2 Å². The van der Waals surface area contributed by atoms with Gasteiger partial charge in [-0.05, 0) is 29.8 Å². The van der Waals surface area contributed by atoms with Crippen LogP contribution in [0, 0.1) is 0 Å². The summed E-state index contributed by atoms with van der Waals surface area (Å²) in [6.07, 6.45) is -2.83. The Kier molecular flexibility index (Phi) is 3.16. The van der Waals surface area contributed by atoms with Gasteiger partial charge in [0, 0.05) is 22.7 Å². The molecule has 0 aliphatic heterocycles. The van der Waals surface area contributed by atoms with E-state index in [-0.39, 0.29) is 5.56 Å². The van der Waals surface area contributed by atoms with Crippen LogP contribution in [0.5, 0.6) is 0 Å². The second kappa shape index (κ2) is 4.91. The quantitative estimate of drug-likeness (QED) is 0.729. The van der Waals surface area contributed by atoms with Crippen LogP contribution in [-0.2, 0) is 6.18 Å². The van der Waals surface area contributed by atoms with Gasteiger partial charge < -0.3 is 10.1 Å². The minimum atomic E-state index is -4.40. The molecule has 2 N–H and O–H groups in total. The van der Waals surface area contributed by atoms with Crippen molar-refractivity contribution in [1.29, 1.82) is 0 Å². The maximum atomic E-state index is 12.8. The first-order chi connectivity index (χ1) is 10.4. The SMILES string of the molecule is O=C(O)c1ccc2c(-c3cccc(C(F)(F)F)c3)c[nH]c2c1. The highest BCUT2D eigenvalue weighted by molar-refractivity contribution is 5.99. The van der Waals surface area contributed by atoms with Crippen LogP contribution in [0.1, 0.15) is 15.9 Å². The molecule has 0 saturated carbocycles. The predicted molar refractivity (Wildman–Crippen MR) is 75.7 cm³/mol. The van der Waals surface area contributed by atoms with E-state index >= 15 is 0 Å². The Hall–Kier alpha value is -2.76. The van der Waals surface area contributed by atoms with Crippen LogP contribution < -0.4 is 0 Å². The number of aromatic nitrogens is 1. The molecule has 6 heteroatoms. The molecule has 0 saturated heterocycles. The molecule has 112 valence electrons. The van der Waals surface area contributed by atoms with E-state index in [4.69, 9.17) is 5.11 Å². The molecule has 1 heterocycles. The number of H-pyrrole nitrogens is 1. The summed E-state index contributed by atoms with van der Waals surface area (Å²) in [5, 5.41) is 9.63. The zero-order chi connectivity index (χ0) is 15.9. The molecule has 3 aromatic rings. The first-order valence-electron chi connectivity index (χ1n) is 6.38. The number of hydrogen-bond donors (Lipinski definition) is 2. The zero-order valence-electron chi connectivity index (χ0n) is 11.1. The van der Waals surface area contributed by atoms with Crippen molar-refractivity contribution < 1.29 is 23.1 Å². The smallest absolute Gasteiger partial charge is 0.416 e. The maximum absolute atomic E-state index is 12.8. The normalized spacial score (nSPS) is 11.8. The summed E-state index contributed by atoms with van der Waals surface area (Å²) in [4.78, 5) is 13.8. The highest BCUT2D eigenvalue weighted by Gasteiger charge is 2.30. The van der Waals surface area contributed by atoms with E-state index in [1.807, 2.05) is 0 Å². The van der Waals surface area contributed by atoms with Crippen LogP contribution >= 0.6 is 0 Å². The number of nitrogens with one attached hydrogen (secondary N) is 1. The van der Waals surface area contributed by atoms with Crippen LogP contribution in [-0.4, -0.2) is 16.1 Å². The van der Waals surface area contributed by atoms with E-state index < -0.39 is 17.7 Å². The second-order valence-electron chi connectivity index (χ2n) is 4.85. The summed E-state index contributed by atoms with van der Waals surface area (Å²) >= 11 is 0. The maximum Gasteiger partial charge on any atom is 0.416 e. The summed E-state index contributed by atoms with van der Waals surface area (Å²) < 4.78 is 38.4. The molecule has 2 aromatic carbocycles. The van der Waals surface area contributed by atoms with Crippen molar-refractivity contribution in [1.82, 2.24) is 4.98 Å². The van der Waals surface area contributed by atoms with E-state index in [1.54, 1.807) is 18.3 Å². The number of alkyl halides is 3. The fourth-order valence-electron chi connectivity index (χ4n) is 2.36. The molecule has 0 unspecified atom stereocenters. The van der Waals surface area contributed by atoms with Crippen molar-refractivity contribution in [3.05, 3.63) is 59.8 Å². The number of carboxylic acid groups (broad SMARTS) is 1. The van der Waals surface area contributed by atoms with Gasteiger partial charge in [-0.15, -0.1) is 0 Å². The summed E-state index contributed by atoms with van der Waals surface area (Å²) in [6, 6.07) is 9.50. The van der Waals surface area contributed by atoms with Gasteiger partial charge in [0.2, 0.25) is 0 Å². The van der Waals surface area contributed by atoms with Crippen molar-refractivity contribution in [2.45, 2.75) is 6.18 Å². The lowest BCUT2D eigenvalue weighted by atomic mass is 10.0. The zero-order valence-corrected chi connectivity index (χ0v) is 11.1. The van der Waals surface area contributed by atoms with Gasteiger partial charge in [0.05, 0.1) is 11.1 Å². The Morgan fingerprint density at radius 1 is 1.09 bits per heavy atom. The highest BCUT2D eigenvalue weighted by atomic mass is 19.4. The van der Waals surface area contributed by atoms with Gasteiger partial charge in [0.25, 0.3) is 0 Å². The van der Waals surface area contributed by atoms with Gasteiger partial charge in [0.15, 0.2) is 0 Å². The third-order valence-electron chi connectivity index (χ3n) is 3.43. The monoisotopic (exact) mass is 305 g/mol. The lowest BCUT2D eigenvalue weighted by molar-refractivity contribution is -0.137. The number of aromatic carboxylic acids is 1. The Labute approximate surface area is 123 Å². The number of halogens is 3. The molecule has 0 amide bonds. The fourth-order valence-corrected chi connectivity index (χ4v) is 2.36. The summed E-state index contributed by atoms with van der Waals surface area (Å²) in [5.41, 5.74) is 0.973. The average molecular weight is 305 g/mol. The second-order valence-corrected chi connectivity index (χ2v) is 4.85. The number of aromatic amines is 1. The topological polar surface area (TPSA) is 53.1 Å². The first kappa shape index (κ1) is 14.2. The largest absolute Gasteiger partial charge is 0.478 e. The molecule has 0 spiro atoms. The molecular weight excluding hydrogens is 295 g/mol. The van der Waals surface area contributed by atoms with E-state index in [0.29, 0.717) is 22.0 Å². The molecule has 22 heavy (non-hydrogen) atoms. The Morgan fingerprint density at radius 2 is 1.86 bits per heavy atom. The Bertz CT molecular complexity index is 865. The number of fused-ring (bicyclic) bond motifs is 1. The molecule has 0 radical (unpaired) electrons. The predicted octanol–water partition coefficient (Wildman–Crippen LogP) is 4.55. The molecule has 0 fully saturated rings. The van der Waals surface area contributed by atoms with Crippen LogP contribution in [0.15, 0.2) is 48.7 Å². The number of hydrogen-bond acceptors (Lipinski definition) is 1. The van der Waals surface area contributed by atoms with Crippen LogP contribution in [0.3, 0.4) is 0 Å².